The second-order valence-corrected chi connectivity index (χ2v) is 6.85. The SMILES string of the molecule is CSc1ccc(/C=C/C(=O)O[C@H](C)C(=O)N[C@@H](C)c2ccc(F)cc2)cc1. The third-order valence-electron chi connectivity index (χ3n) is 3.92. The average Bonchev–Trinajstić information content (AvgIpc) is 2.67. The molecule has 6 heteroatoms. The van der Waals surface area contributed by atoms with Gasteiger partial charge in [0.25, 0.3) is 5.91 Å². The van der Waals surface area contributed by atoms with E-state index in [0.717, 1.165) is 16.0 Å². The first-order valence-corrected chi connectivity index (χ1v) is 9.70. The number of halogens is 1. The molecule has 2 rings (SSSR count). The molecule has 2 atom stereocenters. The highest BCUT2D eigenvalue weighted by Gasteiger charge is 2.19. The summed E-state index contributed by atoms with van der Waals surface area (Å²) < 4.78 is 18.1. The molecule has 0 saturated carbocycles. The number of benzene rings is 2. The fourth-order valence-corrected chi connectivity index (χ4v) is 2.72. The zero-order valence-corrected chi connectivity index (χ0v) is 16.3. The molecule has 0 saturated heterocycles. The minimum atomic E-state index is -0.941. The first-order valence-electron chi connectivity index (χ1n) is 8.47. The molecule has 0 heterocycles. The Bertz CT molecular complexity index is 803. The largest absolute Gasteiger partial charge is 0.449 e. The Balaban J connectivity index is 1.86. The van der Waals surface area contributed by atoms with Crippen LogP contribution in [0.15, 0.2) is 59.5 Å². The highest BCUT2D eigenvalue weighted by atomic mass is 32.2. The first-order chi connectivity index (χ1) is 12.9. The van der Waals surface area contributed by atoms with E-state index in [-0.39, 0.29) is 11.9 Å². The second-order valence-electron chi connectivity index (χ2n) is 5.97. The molecule has 0 unspecified atom stereocenters. The average molecular weight is 387 g/mol. The zero-order valence-electron chi connectivity index (χ0n) is 15.4. The van der Waals surface area contributed by atoms with Gasteiger partial charge in [0.15, 0.2) is 6.10 Å². The van der Waals surface area contributed by atoms with Crippen LogP contribution in [0.25, 0.3) is 6.08 Å². The van der Waals surface area contributed by atoms with Crippen LogP contribution in [0, 0.1) is 5.82 Å². The lowest BCUT2D eigenvalue weighted by Crippen LogP contribution is -2.37. The summed E-state index contributed by atoms with van der Waals surface area (Å²) in [7, 11) is 0. The van der Waals surface area contributed by atoms with Crippen molar-refractivity contribution in [3.8, 4) is 0 Å². The Morgan fingerprint density at radius 3 is 2.30 bits per heavy atom. The second kappa shape index (κ2) is 9.92. The van der Waals surface area contributed by atoms with E-state index in [2.05, 4.69) is 5.32 Å². The summed E-state index contributed by atoms with van der Waals surface area (Å²) in [5.41, 5.74) is 1.63. The van der Waals surface area contributed by atoms with Crippen molar-refractivity contribution in [2.24, 2.45) is 0 Å². The summed E-state index contributed by atoms with van der Waals surface area (Å²) in [6.45, 7) is 3.28. The molecule has 0 fully saturated rings. The molecule has 0 aliphatic heterocycles. The van der Waals surface area contributed by atoms with Crippen LogP contribution in [-0.4, -0.2) is 24.2 Å². The molecule has 0 aliphatic carbocycles. The normalized spacial score (nSPS) is 13.2. The standard InChI is InChI=1S/C21H22FNO3S/c1-14(17-7-9-18(22)10-8-17)23-21(25)15(2)26-20(24)13-6-16-4-11-19(27-3)12-5-16/h4-15H,1-3H3,(H,23,25)/b13-6+/t14-,15+/m0/s1. The maximum Gasteiger partial charge on any atom is 0.331 e. The van der Waals surface area contributed by atoms with Gasteiger partial charge in [0.05, 0.1) is 6.04 Å². The highest BCUT2D eigenvalue weighted by Crippen LogP contribution is 2.16. The maximum atomic E-state index is 13.0. The number of thioether (sulfide) groups is 1. The van der Waals surface area contributed by atoms with Crippen LogP contribution < -0.4 is 5.32 Å². The number of nitrogens with one attached hydrogen (secondary N) is 1. The minimum Gasteiger partial charge on any atom is -0.449 e. The van der Waals surface area contributed by atoms with E-state index < -0.39 is 18.0 Å². The first kappa shape index (κ1) is 20.7. The number of carbonyl (C=O) groups is 2. The van der Waals surface area contributed by atoms with E-state index >= 15 is 0 Å². The lowest BCUT2D eigenvalue weighted by Gasteiger charge is -2.17. The van der Waals surface area contributed by atoms with E-state index in [9.17, 15) is 14.0 Å². The quantitative estimate of drug-likeness (QED) is 0.435. The van der Waals surface area contributed by atoms with Crippen LogP contribution in [0.4, 0.5) is 4.39 Å². The molecule has 0 aromatic heterocycles. The van der Waals surface area contributed by atoms with Gasteiger partial charge in [-0.3, -0.25) is 4.79 Å². The van der Waals surface area contributed by atoms with Gasteiger partial charge in [-0.1, -0.05) is 24.3 Å². The molecular weight excluding hydrogens is 365 g/mol. The predicted octanol–water partition coefficient (Wildman–Crippen LogP) is 4.37. The Morgan fingerprint density at radius 2 is 1.70 bits per heavy atom. The van der Waals surface area contributed by atoms with Crippen molar-refractivity contribution in [2.45, 2.75) is 30.9 Å². The van der Waals surface area contributed by atoms with Gasteiger partial charge < -0.3 is 10.1 Å². The van der Waals surface area contributed by atoms with E-state index in [0.29, 0.717) is 0 Å². The molecule has 1 N–H and O–H groups in total. The molecule has 4 nitrogen and oxygen atoms in total. The number of esters is 1. The van der Waals surface area contributed by atoms with Crippen LogP contribution in [0.3, 0.4) is 0 Å². The lowest BCUT2D eigenvalue weighted by molar-refractivity contribution is -0.150. The summed E-state index contributed by atoms with van der Waals surface area (Å²) in [5, 5.41) is 2.74. The van der Waals surface area contributed by atoms with Crippen molar-refractivity contribution in [3.63, 3.8) is 0 Å². The fraction of sp³-hybridized carbons (Fsp3) is 0.238. The Hall–Kier alpha value is -2.60. The lowest BCUT2D eigenvalue weighted by atomic mass is 10.1. The Morgan fingerprint density at radius 1 is 1.07 bits per heavy atom. The molecule has 27 heavy (non-hydrogen) atoms. The smallest absolute Gasteiger partial charge is 0.331 e. The van der Waals surface area contributed by atoms with E-state index in [1.54, 1.807) is 36.9 Å². The van der Waals surface area contributed by atoms with Crippen LogP contribution >= 0.6 is 11.8 Å². The number of rotatable bonds is 7. The number of amides is 1. The van der Waals surface area contributed by atoms with Crippen LogP contribution in [0.2, 0.25) is 0 Å². The molecular formula is C21H22FNO3S. The number of hydrogen-bond acceptors (Lipinski definition) is 4. The number of carbonyl (C=O) groups excluding carboxylic acids is 2. The van der Waals surface area contributed by atoms with Gasteiger partial charge in [-0.05, 0) is 61.6 Å². The summed E-state index contributed by atoms with van der Waals surface area (Å²) in [6, 6.07) is 13.3. The van der Waals surface area contributed by atoms with Crippen molar-refractivity contribution in [1.82, 2.24) is 5.32 Å². The van der Waals surface area contributed by atoms with E-state index in [4.69, 9.17) is 4.74 Å². The van der Waals surface area contributed by atoms with Gasteiger partial charge in [-0.15, -0.1) is 11.8 Å². The van der Waals surface area contributed by atoms with Gasteiger partial charge in [-0.2, -0.15) is 0 Å². The van der Waals surface area contributed by atoms with Crippen LogP contribution in [0.1, 0.15) is 31.0 Å². The molecule has 2 aromatic carbocycles. The van der Waals surface area contributed by atoms with Gasteiger partial charge in [0.2, 0.25) is 0 Å². The van der Waals surface area contributed by atoms with Crippen molar-refractivity contribution in [2.75, 3.05) is 6.26 Å². The molecule has 0 bridgehead atoms. The molecule has 0 aliphatic rings. The third kappa shape index (κ3) is 6.57. The topological polar surface area (TPSA) is 55.4 Å². The summed E-state index contributed by atoms with van der Waals surface area (Å²) in [6.07, 6.45) is 3.98. The van der Waals surface area contributed by atoms with Crippen LogP contribution in [-0.2, 0) is 14.3 Å². The van der Waals surface area contributed by atoms with E-state index in [1.165, 1.54) is 25.1 Å². The Labute approximate surface area is 162 Å². The molecule has 2 aromatic rings. The highest BCUT2D eigenvalue weighted by molar-refractivity contribution is 7.98. The third-order valence-corrected chi connectivity index (χ3v) is 4.66. The van der Waals surface area contributed by atoms with Gasteiger partial charge in [0, 0.05) is 11.0 Å². The summed E-state index contributed by atoms with van der Waals surface area (Å²) >= 11 is 1.64. The Kier molecular flexibility index (Phi) is 7.61. The molecule has 142 valence electrons. The van der Waals surface area contributed by atoms with Crippen molar-refractivity contribution in [1.29, 1.82) is 0 Å². The molecule has 0 radical (unpaired) electrons. The predicted molar refractivity (Wildman–Crippen MR) is 106 cm³/mol. The van der Waals surface area contributed by atoms with Crippen molar-refractivity contribution in [3.05, 3.63) is 71.6 Å². The van der Waals surface area contributed by atoms with Crippen molar-refractivity contribution >= 4 is 29.7 Å². The van der Waals surface area contributed by atoms with Gasteiger partial charge >= 0.3 is 5.97 Å². The van der Waals surface area contributed by atoms with Gasteiger partial charge in [0.1, 0.15) is 5.82 Å². The maximum absolute atomic E-state index is 13.0. The minimum absolute atomic E-state index is 0.329. The monoisotopic (exact) mass is 387 g/mol. The number of hydrogen-bond donors (Lipinski definition) is 1. The summed E-state index contributed by atoms with van der Waals surface area (Å²) in [5.74, 6) is -1.35. The van der Waals surface area contributed by atoms with Crippen molar-refractivity contribution < 1.29 is 18.7 Å². The summed E-state index contributed by atoms with van der Waals surface area (Å²) in [4.78, 5) is 25.2. The molecule has 0 spiro atoms. The zero-order chi connectivity index (χ0) is 19.8. The van der Waals surface area contributed by atoms with Gasteiger partial charge in [-0.25, -0.2) is 9.18 Å². The number of ether oxygens (including phenoxy) is 1. The molecule has 1 amide bonds. The van der Waals surface area contributed by atoms with Crippen LogP contribution in [0.5, 0.6) is 0 Å². The van der Waals surface area contributed by atoms with E-state index in [1.807, 2.05) is 30.5 Å². The fourth-order valence-electron chi connectivity index (χ4n) is 2.31.